The van der Waals surface area contributed by atoms with E-state index in [1.165, 1.54) is 4.90 Å². The maximum Gasteiger partial charge on any atom is 0.407 e. The number of piperidine rings is 1. The number of nitrogens with zero attached hydrogens (tertiary/aromatic N) is 4. The van der Waals surface area contributed by atoms with E-state index in [9.17, 15) is 9.90 Å². The summed E-state index contributed by atoms with van der Waals surface area (Å²) >= 11 is 0. The summed E-state index contributed by atoms with van der Waals surface area (Å²) < 4.78 is 2.33. The fourth-order valence-electron chi connectivity index (χ4n) is 4.51. The van der Waals surface area contributed by atoms with E-state index >= 15 is 0 Å². The molecule has 2 aromatic carbocycles. The van der Waals surface area contributed by atoms with Crippen LogP contribution in [-0.4, -0.2) is 43.7 Å². The quantitative estimate of drug-likeness (QED) is 0.521. The van der Waals surface area contributed by atoms with Crippen molar-refractivity contribution in [2.24, 2.45) is 5.92 Å². The summed E-state index contributed by atoms with van der Waals surface area (Å²) in [6, 6.07) is 18.5. The molecular weight excluding hydrogens is 376 g/mol. The van der Waals surface area contributed by atoms with E-state index < -0.39 is 6.09 Å². The highest BCUT2D eigenvalue weighted by Crippen LogP contribution is 2.31. The molecule has 0 bridgehead atoms. The van der Waals surface area contributed by atoms with Crippen molar-refractivity contribution in [3.05, 3.63) is 60.8 Å². The van der Waals surface area contributed by atoms with Crippen LogP contribution in [0.4, 0.5) is 4.79 Å². The molecule has 0 aliphatic carbocycles. The molecular formula is C24H24N4O2. The van der Waals surface area contributed by atoms with Crippen LogP contribution >= 0.6 is 0 Å². The van der Waals surface area contributed by atoms with Gasteiger partial charge in [-0.3, -0.25) is 4.98 Å². The first-order valence-electron chi connectivity index (χ1n) is 10.5. The van der Waals surface area contributed by atoms with Gasteiger partial charge in [-0.2, -0.15) is 0 Å². The average molecular weight is 400 g/mol. The van der Waals surface area contributed by atoms with Gasteiger partial charge in [0.1, 0.15) is 11.3 Å². The number of pyridine rings is 1. The van der Waals surface area contributed by atoms with E-state index in [1.54, 1.807) is 0 Å². The van der Waals surface area contributed by atoms with Gasteiger partial charge in [-0.05, 0) is 31.2 Å². The van der Waals surface area contributed by atoms with E-state index in [2.05, 4.69) is 27.8 Å². The van der Waals surface area contributed by atoms with Crippen molar-refractivity contribution in [1.82, 2.24) is 19.4 Å². The Bertz CT molecular complexity index is 1190. The highest BCUT2D eigenvalue weighted by molar-refractivity contribution is 6.03. The fourth-order valence-corrected chi connectivity index (χ4v) is 4.51. The fraction of sp³-hybridized carbons (Fsp3) is 0.292. The molecule has 1 saturated heterocycles. The summed E-state index contributed by atoms with van der Waals surface area (Å²) in [5, 5.41) is 10.3. The van der Waals surface area contributed by atoms with Crippen molar-refractivity contribution in [2.75, 3.05) is 13.1 Å². The zero-order valence-corrected chi connectivity index (χ0v) is 16.7. The van der Waals surface area contributed by atoms with Gasteiger partial charge in [0.05, 0.1) is 17.2 Å². The first kappa shape index (κ1) is 18.6. The third-order valence-electron chi connectivity index (χ3n) is 6.16. The standard InChI is InChI=1S/C24H24N4O2/c29-24(30)27-13-10-17(11-14-27)12-15-28-22-19-8-4-5-9-20(19)25-16-21(22)26-23(28)18-6-2-1-3-7-18/h1-9,16-17H,10-15H2,(H,29,30). The van der Waals surface area contributed by atoms with Crippen LogP contribution in [0.3, 0.4) is 0 Å². The number of carbonyl (C=O) groups is 1. The van der Waals surface area contributed by atoms with Crippen LogP contribution in [0.15, 0.2) is 60.8 Å². The largest absolute Gasteiger partial charge is 0.465 e. The van der Waals surface area contributed by atoms with Gasteiger partial charge in [0.2, 0.25) is 0 Å². The number of hydrogen-bond acceptors (Lipinski definition) is 3. The summed E-state index contributed by atoms with van der Waals surface area (Å²) in [5.74, 6) is 1.49. The highest BCUT2D eigenvalue weighted by Gasteiger charge is 2.23. The van der Waals surface area contributed by atoms with Crippen molar-refractivity contribution in [1.29, 1.82) is 0 Å². The molecule has 1 fully saturated rings. The zero-order valence-electron chi connectivity index (χ0n) is 16.7. The molecule has 6 heteroatoms. The summed E-state index contributed by atoms with van der Waals surface area (Å²) in [6.45, 7) is 2.11. The van der Waals surface area contributed by atoms with Crippen LogP contribution in [0.2, 0.25) is 0 Å². The molecule has 0 spiro atoms. The number of aryl methyl sites for hydroxylation is 1. The molecule has 152 valence electrons. The van der Waals surface area contributed by atoms with Crippen LogP contribution < -0.4 is 0 Å². The van der Waals surface area contributed by atoms with Gasteiger partial charge in [-0.15, -0.1) is 0 Å². The minimum atomic E-state index is -0.806. The number of rotatable bonds is 4. The molecule has 0 atom stereocenters. The number of hydrogen-bond donors (Lipinski definition) is 1. The molecule has 1 amide bonds. The molecule has 6 nitrogen and oxygen atoms in total. The summed E-state index contributed by atoms with van der Waals surface area (Å²) in [7, 11) is 0. The van der Waals surface area contributed by atoms with Gasteiger partial charge >= 0.3 is 6.09 Å². The van der Waals surface area contributed by atoms with Gasteiger partial charge in [0.25, 0.3) is 0 Å². The first-order valence-corrected chi connectivity index (χ1v) is 10.5. The molecule has 1 aliphatic heterocycles. The normalized spacial score (nSPS) is 15.1. The lowest BCUT2D eigenvalue weighted by Gasteiger charge is -2.30. The van der Waals surface area contributed by atoms with E-state index in [-0.39, 0.29) is 0 Å². The molecule has 1 aliphatic rings. The predicted octanol–water partition coefficient (Wildman–Crippen LogP) is 5.03. The molecule has 0 saturated carbocycles. The number of fused-ring (bicyclic) bond motifs is 3. The zero-order chi connectivity index (χ0) is 20.5. The number of carboxylic acid groups (broad SMARTS) is 1. The van der Waals surface area contributed by atoms with Crippen LogP contribution in [-0.2, 0) is 6.54 Å². The lowest BCUT2D eigenvalue weighted by Crippen LogP contribution is -2.37. The Hall–Kier alpha value is -3.41. The minimum absolute atomic E-state index is 0.523. The van der Waals surface area contributed by atoms with Crippen molar-refractivity contribution >= 4 is 28.0 Å². The summed E-state index contributed by atoms with van der Waals surface area (Å²) in [4.78, 5) is 22.3. The van der Waals surface area contributed by atoms with Crippen LogP contribution in [0.1, 0.15) is 19.3 Å². The SMILES string of the molecule is O=C(O)N1CCC(CCn2c(-c3ccccc3)nc3cnc4ccccc4c32)CC1. The smallest absolute Gasteiger partial charge is 0.407 e. The second kappa shape index (κ2) is 7.78. The van der Waals surface area contributed by atoms with Gasteiger partial charge in [-0.1, -0.05) is 48.5 Å². The third-order valence-corrected chi connectivity index (χ3v) is 6.16. The molecule has 5 rings (SSSR count). The topological polar surface area (TPSA) is 71.2 Å². The van der Waals surface area contributed by atoms with Gasteiger partial charge in [-0.25, -0.2) is 9.78 Å². The maximum atomic E-state index is 11.2. The molecule has 4 aromatic rings. The Morgan fingerprint density at radius 1 is 1.00 bits per heavy atom. The lowest BCUT2D eigenvalue weighted by atomic mass is 9.93. The molecule has 3 heterocycles. The van der Waals surface area contributed by atoms with Crippen molar-refractivity contribution in [3.63, 3.8) is 0 Å². The van der Waals surface area contributed by atoms with Crippen molar-refractivity contribution in [2.45, 2.75) is 25.8 Å². The third kappa shape index (κ3) is 3.38. The molecule has 2 aromatic heterocycles. The first-order chi connectivity index (χ1) is 14.7. The Labute approximate surface area is 174 Å². The Morgan fingerprint density at radius 2 is 1.73 bits per heavy atom. The highest BCUT2D eigenvalue weighted by atomic mass is 16.4. The Kier molecular flexibility index (Phi) is 4.83. The number of para-hydroxylation sites is 1. The Morgan fingerprint density at radius 3 is 2.50 bits per heavy atom. The molecule has 0 unspecified atom stereocenters. The molecule has 0 radical (unpaired) electrons. The second-order valence-corrected chi connectivity index (χ2v) is 7.96. The number of aromatic nitrogens is 3. The van der Waals surface area contributed by atoms with E-state index in [0.29, 0.717) is 19.0 Å². The van der Waals surface area contributed by atoms with Crippen LogP contribution in [0, 0.1) is 5.92 Å². The predicted molar refractivity (Wildman–Crippen MR) is 117 cm³/mol. The van der Waals surface area contributed by atoms with E-state index in [0.717, 1.165) is 59.1 Å². The van der Waals surface area contributed by atoms with E-state index in [1.807, 2.05) is 42.6 Å². The molecule has 1 N–H and O–H groups in total. The Balaban J connectivity index is 1.52. The van der Waals surface area contributed by atoms with Crippen LogP contribution in [0.25, 0.3) is 33.3 Å². The number of benzene rings is 2. The van der Waals surface area contributed by atoms with Crippen molar-refractivity contribution in [3.8, 4) is 11.4 Å². The van der Waals surface area contributed by atoms with Gasteiger partial charge < -0.3 is 14.6 Å². The summed E-state index contributed by atoms with van der Waals surface area (Å²) in [5.41, 5.74) is 4.11. The molecule has 30 heavy (non-hydrogen) atoms. The van der Waals surface area contributed by atoms with E-state index in [4.69, 9.17) is 4.98 Å². The second-order valence-electron chi connectivity index (χ2n) is 7.96. The summed E-state index contributed by atoms with van der Waals surface area (Å²) in [6.07, 6.45) is 3.91. The van der Waals surface area contributed by atoms with Gasteiger partial charge in [0, 0.05) is 30.6 Å². The average Bonchev–Trinajstić information content (AvgIpc) is 3.17. The lowest BCUT2D eigenvalue weighted by molar-refractivity contribution is 0.122. The number of amides is 1. The monoisotopic (exact) mass is 400 g/mol. The van der Waals surface area contributed by atoms with Crippen molar-refractivity contribution < 1.29 is 9.90 Å². The maximum absolute atomic E-state index is 11.2. The minimum Gasteiger partial charge on any atom is -0.465 e. The number of imidazole rings is 1. The van der Waals surface area contributed by atoms with Crippen LogP contribution in [0.5, 0.6) is 0 Å². The van der Waals surface area contributed by atoms with Gasteiger partial charge in [0.15, 0.2) is 0 Å². The number of likely N-dealkylation sites (tertiary alicyclic amines) is 1.